The molecule has 1 aromatic carbocycles. The van der Waals surface area contributed by atoms with Crippen molar-refractivity contribution in [1.29, 1.82) is 0 Å². The Labute approximate surface area is 118 Å². The van der Waals surface area contributed by atoms with Crippen molar-refractivity contribution in [3.63, 3.8) is 0 Å². The summed E-state index contributed by atoms with van der Waals surface area (Å²) in [4.78, 5) is 6.70. The van der Waals surface area contributed by atoms with E-state index >= 15 is 0 Å². The lowest BCUT2D eigenvalue weighted by Crippen LogP contribution is -2.43. The van der Waals surface area contributed by atoms with Gasteiger partial charge in [0.05, 0.1) is 12.7 Å². The van der Waals surface area contributed by atoms with Crippen LogP contribution < -0.4 is 15.4 Å². The highest BCUT2D eigenvalue weighted by molar-refractivity contribution is 5.64. The normalized spacial score (nSPS) is 19.1. The summed E-state index contributed by atoms with van der Waals surface area (Å²) in [5.74, 6) is 2.21. The monoisotopic (exact) mass is 273 g/mol. The molecular weight excluding hydrogens is 254 g/mol. The van der Waals surface area contributed by atoms with Crippen LogP contribution in [0.5, 0.6) is 5.75 Å². The summed E-state index contributed by atoms with van der Waals surface area (Å²) in [7, 11) is 1.65. The molecule has 1 aromatic heterocycles. The van der Waals surface area contributed by atoms with Crippen LogP contribution in [-0.2, 0) is 0 Å². The van der Waals surface area contributed by atoms with Gasteiger partial charge in [-0.3, -0.25) is 5.10 Å². The Kier molecular flexibility index (Phi) is 3.56. The fourth-order valence-electron chi connectivity index (χ4n) is 2.55. The van der Waals surface area contributed by atoms with E-state index in [-0.39, 0.29) is 6.04 Å². The number of benzene rings is 1. The molecular formula is C14H19N5O. The largest absolute Gasteiger partial charge is 0.496 e. The van der Waals surface area contributed by atoms with Crippen molar-refractivity contribution in [2.75, 3.05) is 25.1 Å². The van der Waals surface area contributed by atoms with Gasteiger partial charge in [-0.1, -0.05) is 12.1 Å². The molecule has 0 aliphatic carbocycles. The number of nitrogens with zero attached hydrogens (tertiary/aromatic N) is 3. The smallest absolute Gasteiger partial charge is 0.245 e. The fourth-order valence-corrected chi connectivity index (χ4v) is 2.55. The Bertz CT molecular complexity index is 582. The first kappa shape index (κ1) is 12.9. The molecule has 3 N–H and O–H groups in total. The lowest BCUT2D eigenvalue weighted by Gasteiger charge is -2.29. The lowest BCUT2D eigenvalue weighted by atomic mass is 10.1. The average Bonchev–Trinajstić information content (AvgIpc) is 2.97. The van der Waals surface area contributed by atoms with E-state index in [4.69, 9.17) is 10.5 Å². The van der Waals surface area contributed by atoms with E-state index < -0.39 is 0 Å². The van der Waals surface area contributed by atoms with Crippen LogP contribution in [0.1, 0.15) is 12.8 Å². The maximum absolute atomic E-state index is 6.00. The molecule has 1 saturated heterocycles. The van der Waals surface area contributed by atoms with Crippen molar-refractivity contribution >= 4 is 5.95 Å². The third-order valence-electron chi connectivity index (χ3n) is 3.58. The van der Waals surface area contributed by atoms with Gasteiger partial charge in [-0.25, -0.2) is 0 Å². The fraction of sp³-hybridized carbons (Fsp3) is 0.429. The standard InChI is InChI=1S/C14H19N5O/c1-20-12-7-3-2-6-11(12)13-16-14(18-17-13)19-8-4-5-10(15)9-19/h2-3,6-7,10H,4-5,8-9,15H2,1H3,(H,16,17,18). The van der Waals surface area contributed by atoms with Gasteiger partial charge in [0.25, 0.3) is 0 Å². The molecule has 2 heterocycles. The van der Waals surface area contributed by atoms with E-state index in [9.17, 15) is 0 Å². The number of ether oxygens (including phenoxy) is 1. The van der Waals surface area contributed by atoms with Crippen molar-refractivity contribution in [3.05, 3.63) is 24.3 Å². The van der Waals surface area contributed by atoms with Crippen molar-refractivity contribution in [2.24, 2.45) is 5.73 Å². The van der Waals surface area contributed by atoms with Crippen LogP contribution in [0.25, 0.3) is 11.4 Å². The minimum absolute atomic E-state index is 0.206. The Morgan fingerprint density at radius 3 is 3.05 bits per heavy atom. The number of anilines is 1. The lowest BCUT2D eigenvalue weighted by molar-refractivity contribution is 0.416. The molecule has 0 radical (unpaired) electrons. The number of para-hydroxylation sites is 1. The third kappa shape index (κ3) is 2.46. The topological polar surface area (TPSA) is 80.1 Å². The number of rotatable bonds is 3. The zero-order valence-electron chi connectivity index (χ0n) is 11.5. The van der Waals surface area contributed by atoms with E-state index in [1.807, 2.05) is 24.3 Å². The molecule has 2 aromatic rings. The second-order valence-electron chi connectivity index (χ2n) is 5.03. The van der Waals surface area contributed by atoms with E-state index in [0.29, 0.717) is 5.95 Å². The molecule has 106 valence electrons. The van der Waals surface area contributed by atoms with Crippen molar-refractivity contribution < 1.29 is 4.74 Å². The summed E-state index contributed by atoms with van der Waals surface area (Å²) in [5, 5.41) is 7.29. The first-order chi connectivity index (χ1) is 9.78. The summed E-state index contributed by atoms with van der Waals surface area (Å²) in [5.41, 5.74) is 6.91. The number of nitrogens with two attached hydrogens (primary N) is 1. The predicted molar refractivity (Wildman–Crippen MR) is 77.8 cm³/mol. The van der Waals surface area contributed by atoms with Gasteiger partial charge in [0.15, 0.2) is 5.82 Å². The molecule has 6 heteroatoms. The number of methoxy groups -OCH3 is 1. The number of piperidine rings is 1. The molecule has 1 unspecified atom stereocenters. The van der Waals surface area contributed by atoms with Gasteiger partial charge in [-0.2, -0.15) is 4.98 Å². The SMILES string of the molecule is COc1ccccc1-c1nc(N2CCCC(N)C2)n[nH]1. The van der Waals surface area contributed by atoms with Crippen LogP contribution in [0.15, 0.2) is 24.3 Å². The zero-order valence-corrected chi connectivity index (χ0v) is 11.5. The van der Waals surface area contributed by atoms with Gasteiger partial charge in [0, 0.05) is 19.1 Å². The molecule has 1 fully saturated rings. The van der Waals surface area contributed by atoms with Crippen molar-refractivity contribution in [3.8, 4) is 17.1 Å². The van der Waals surface area contributed by atoms with Crippen LogP contribution in [0.3, 0.4) is 0 Å². The van der Waals surface area contributed by atoms with Crippen LogP contribution in [-0.4, -0.2) is 41.4 Å². The Hall–Kier alpha value is -2.08. The maximum Gasteiger partial charge on any atom is 0.245 e. The average molecular weight is 273 g/mol. The number of aromatic nitrogens is 3. The van der Waals surface area contributed by atoms with Gasteiger partial charge in [0.2, 0.25) is 5.95 Å². The van der Waals surface area contributed by atoms with Gasteiger partial charge in [-0.15, -0.1) is 5.10 Å². The molecule has 6 nitrogen and oxygen atoms in total. The van der Waals surface area contributed by atoms with Gasteiger partial charge < -0.3 is 15.4 Å². The summed E-state index contributed by atoms with van der Waals surface area (Å²) in [6.45, 7) is 1.76. The molecule has 0 spiro atoms. The zero-order chi connectivity index (χ0) is 13.9. The third-order valence-corrected chi connectivity index (χ3v) is 3.58. The number of aromatic amines is 1. The van der Waals surface area contributed by atoms with Crippen LogP contribution in [0.2, 0.25) is 0 Å². The summed E-state index contributed by atoms with van der Waals surface area (Å²) < 4.78 is 5.35. The Balaban J connectivity index is 1.86. The molecule has 1 atom stereocenters. The molecule has 1 aliphatic heterocycles. The van der Waals surface area contributed by atoms with Gasteiger partial charge in [0.1, 0.15) is 5.75 Å². The van der Waals surface area contributed by atoms with E-state index in [1.54, 1.807) is 7.11 Å². The minimum atomic E-state index is 0.206. The first-order valence-corrected chi connectivity index (χ1v) is 6.84. The Morgan fingerprint density at radius 2 is 2.25 bits per heavy atom. The van der Waals surface area contributed by atoms with E-state index in [1.165, 1.54) is 0 Å². The molecule has 20 heavy (non-hydrogen) atoms. The summed E-state index contributed by atoms with van der Waals surface area (Å²) in [6.07, 6.45) is 2.15. The Morgan fingerprint density at radius 1 is 1.40 bits per heavy atom. The van der Waals surface area contributed by atoms with Crippen LogP contribution in [0, 0.1) is 0 Å². The number of hydrogen-bond donors (Lipinski definition) is 2. The first-order valence-electron chi connectivity index (χ1n) is 6.84. The predicted octanol–water partition coefficient (Wildman–Crippen LogP) is 1.41. The van der Waals surface area contributed by atoms with Crippen LogP contribution in [0.4, 0.5) is 5.95 Å². The maximum atomic E-state index is 6.00. The number of nitrogens with one attached hydrogen (secondary N) is 1. The highest BCUT2D eigenvalue weighted by Crippen LogP contribution is 2.28. The number of hydrogen-bond acceptors (Lipinski definition) is 5. The second-order valence-corrected chi connectivity index (χ2v) is 5.03. The molecule has 0 bridgehead atoms. The minimum Gasteiger partial charge on any atom is -0.496 e. The highest BCUT2D eigenvalue weighted by Gasteiger charge is 2.20. The van der Waals surface area contributed by atoms with Crippen LogP contribution >= 0.6 is 0 Å². The summed E-state index contributed by atoms with van der Waals surface area (Å²) in [6, 6.07) is 7.97. The van der Waals surface area contributed by atoms with Gasteiger partial charge >= 0.3 is 0 Å². The van der Waals surface area contributed by atoms with E-state index in [2.05, 4.69) is 20.1 Å². The molecule has 3 rings (SSSR count). The van der Waals surface area contributed by atoms with Crippen molar-refractivity contribution in [1.82, 2.24) is 15.2 Å². The molecule has 0 saturated carbocycles. The quantitative estimate of drug-likeness (QED) is 0.883. The molecule has 0 amide bonds. The molecule has 1 aliphatic rings. The number of H-pyrrole nitrogens is 1. The second kappa shape index (κ2) is 5.50. The summed E-state index contributed by atoms with van der Waals surface area (Å²) >= 11 is 0. The van der Waals surface area contributed by atoms with Gasteiger partial charge in [-0.05, 0) is 25.0 Å². The highest BCUT2D eigenvalue weighted by atomic mass is 16.5. The van der Waals surface area contributed by atoms with E-state index in [0.717, 1.165) is 43.1 Å². The van der Waals surface area contributed by atoms with Crippen molar-refractivity contribution in [2.45, 2.75) is 18.9 Å².